The van der Waals surface area contributed by atoms with Crippen LogP contribution in [0.3, 0.4) is 0 Å². The quantitative estimate of drug-likeness (QED) is 0.363. The zero-order valence-corrected chi connectivity index (χ0v) is 21.6. The first-order valence-electron chi connectivity index (χ1n) is 12.0. The summed E-state index contributed by atoms with van der Waals surface area (Å²) in [6, 6.07) is 0. The first-order valence-corrected chi connectivity index (χ1v) is 15.0. The molecule has 3 heteroatoms. The Morgan fingerprint density at radius 1 is 1.14 bits per heavy atom. The number of fused-ring (bicyclic) bond motifs is 3. The number of hydrogen-bond acceptors (Lipinski definition) is 2. The molecule has 29 heavy (non-hydrogen) atoms. The van der Waals surface area contributed by atoms with Crippen LogP contribution in [-0.4, -0.2) is 20.2 Å². The minimum atomic E-state index is -1.95. The third-order valence-corrected chi connectivity index (χ3v) is 14.7. The van der Waals surface area contributed by atoms with Gasteiger partial charge in [-0.3, -0.25) is 4.79 Å². The van der Waals surface area contributed by atoms with E-state index in [-0.39, 0.29) is 27.9 Å². The summed E-state index contributed by atoms with van der Waals surface area (Å²) < 4.78 is 7.16. The maximum absolute atomic E-state index is 14.5. The molecule has 4 aliphatic rings. The molecule has 0 N–H and O–H groups in total. The molecule has 0 radical (unpaired) electrons. The van der Waals surface area contributed by atoms with Crippen LogP contribution in [-0.2, 0) is 9.22 Å². The number of hydrogen-bond donors (Lipinski definition) is 0. The van der Waals surface area contributed by atoms with Crippen molar-refractivity contribution in [1.29, 1.82) is 0 Å². The third-order valence-electron chi connectivity index (χ3n) is 10.2. The molecule has 0 aliphatic heterocycles. The Balaban J connectivity index is 1.83. The van der Waals surface area contributed by atoms with Crippen molar-refractivity contribution in [3.63, 3.8) is 0 Å². The largest absolute Gasteiger partial charge is 0.413 e. The van der Waals surface area contributed by atoms with E-state index in [0.717, 1.165) is 12.8 Å². The van der Waals surface area contributed by atoms with Crippen molar-refractivity contribution in [2.75, 3.05) is 0 Å². The molecule has 0 aromatic heterocycles. The lowest BCUT2D eigenvalue weighted by Gasteiger charge is -2.43. The minimum absolute atomic E-state index is 0.0798. The molecular weight excluding hydrogens is 372 g/mol. The van der Waals surface area contributed by atoms with E-state index in [9.17, 15) is 4.79 Å². The van der Waals surface area contributed by atoms with Gasteiger partial charge in [0.25, 0.3) is 0 Å². The molecule has 0 amide bonds. The van der Waals surface area contributed by atoms with E-state index in [4.69, 9.17) is 4.43 Å². The Bertz CT molecular complexity index is 742. The molecular formula is C26H44O2Si. The highest BCUT2D eigenvalue weighted by Gasteiger charge is 2.71. The van der Waals surface area contributed by atoms with Crippen molar-refractivity contribution in [3.05, 3.63) is 11.6 Å². The van der Waals surface area contributed by atoms with Crippen LogP contribution in [0.2, 0.25) is 18.1 Å². The van der Waals surface area contributed by atoms with Gasteiger partial charge in [0.15, 0.2) is 8.32 Å². The van der Waals surface area contributed by atoms with E-state index in [0.29, 0.717) is 35.4 Å². The average molecular weight is 417 g/mol. The number of ketones is 1. The number of Topliss-reactive ketones (excluding diaryl/α,β-unsaturated/α-hetero) is 1. The topological polar surface area (TPSA) is 26.3 Å². The molecule has 4 aliphatic carbocycles. The van der Waals surface area contributed by atoms with Gasteiger partial charge in [0.05, 0.1) is 11.5 Å². The molecule has 0 heterocycles. The van der Waals surface area contributed by atoms with E-state index >= 15 is 0 Å². The SMILES string of the molecule is CC1=C[C@]23C(=O)[C@@H]([C@H](O[Si](C)(C)C(C)(C)C)[C@H](C)C[C@@H]2C1)[C@H]1[C@@H](C[C@H]3C)C1(C)C. The Labute approximate surface area is 180 Å². The lowest BCUT2D eigenvalue weighted by atomic mass is 9.63. The van der Waals surface area contributed by atoms with Crippen LogP contribution in [0, 0.1) is 46.3 Å². The summed E-state index contributed by atoms with van der Waals surface area (Å²) in [4.78, 5) is 14.5. The normalized spacial score (nSPS) is 46.3. The first-order chi connectivity index (χ1) is 13.1. The number of carbonyl (C=O) groups is 1. The standard InChI is InChI=1S/C26H44O2Si/c1-15-11-18-12-16(2)22(28-29(9,10)24(4,5)6)20-21-19(25(21,7)8)13-17(3)26(18,14-15)23(20)27/h14,16-22H,11-13H2,1-10H3/t16-,17-,18+,19-,20-,21-,22-,26-/m1/s1. The van der Waals surface area contributed by atoms with Crippen molar-refractivity contribution in [1.82, 2.24) is 0 Å². The fraction of sp³-hybridized carbons (Fsp3) is 0.885. The summed E-state index contributed by atoms with van der Waals surface area (Å²) in [6.07, 6.45) is 5.98. The molecule has 4 rings (SSSR count). The third kappa shape index (κ3) is 2.92. The summed E-state index contributed by atoms with van der Waals surface area (Å²) in [5.41, 5.74) is 1.50. The van der Waals surface area contributed by atoms with Crippen LogP contribution < -0.4 is 0 Å². The molecule has 164 valence electrons. The zero-order valence-electron chi connectivity index (χ0n) is 20.6. The van der Waals surface area contributed by atoms with Gasteiger partial charge in [-0.25, -0.2) is 0 Å². The monoisotopic (exact) mass is 416 g/mol. The molecule has 0 unspecified atom stereocenters. The fourth-order valence-electron chi connectivity index (χ4n) is 7.45. The first kappa shape index (κ1) is 21.8. The van der Waals surface area contributed by atoms with Gasteiger partial charge >= 0.3 is 0 Å². The molecule has 2 nitrogen and oxygen atoms in total. The predicted octanol–water partition coefficient (Wildman–Crippen LogP) is 6.87. The average Bonchev–Trinajstić information content (AvgIpc) is 2.96. The number of rotatable bonds is 2. The minimum Gasteiger partial charge on any atom is -0.413 e. The Morgan fingerprint density at radius 3 is 2.34 bits per heavy atom. The predicted molar refractivity (Wildman–Crippen MR) is 123 cm³/mol. The van der Waals surface area contributed by atoms with Crippen LogP contribution in [0.15, 0.2) is 11.6 Å². The molecule has 3 fully saturated rings. The Kier molecular flexibility index (Phi) is 4.75. The van der Waals surface area contributed by atoms with Gasteiger partial charge < -0.3 is 4.43 Å². The second kappa shape index (κ2) is 6.31. The summed E-state index contributed by atoms with van der Waals surface area (Å²) in [5.74, 6) is 3.20. The van der Waals surface area contributed by atoms with Gasteiger partial charge in [-0.05, 0) is 79.3 Å². The Hall–Kier alpha value is -0.413. The van der Waals surface area contributed by atoms with Crippen molar-refractivity contribution in [2.45, 2.75) is 98.9 Å². The van der Waals surface area contributed by atoms with Crippen LogP contribution >= 0.6 is 0 Å². The summed E-state index contributed by atoms with van der Waals surface area (Å²) in [5, 5.41) is 0.169. The summed E-state index contributed by atoms with van der Waals surface area (Å²) >= 11 is 0. The number of allylic oxidation sites excluding steroid dienone is 2. The highest BCUT2D eigenvalue weighted by Crippen LogP contribution is 2.72. The molecule has 8 atom stereocenters. The van der Waals surface area contributed by atoms with Gasteiger partial charge in [0.1, 0.15) is 5.78 Å². The summed E-state index contributed by atoms with van der Waals surface area (Å²) in [7, 11) is -1.95. The Morgan fingerprint density at radius 2 is 1.76 bits per heavy atom. The summed E-state index contributed by atoms with van der Waals surface area (Å²) in [6.45, 7) is 23.5. The van der Waals surface area contributed by atoms with E-state index in [1.807, 2.05) is 0 Å². The van der Waals surface area contributed by atoms with E-state index in [1.165, 1.54) is 12.0 Å². The fourth-order valence-corrected chi connectivity index (χ4v) is 8.87. The van der Waals surface area contributed by atoms with Crippen LogP contribution in [0.1, 0.15) is 74.7 Å². The van der Waals surface area contributed by atoms with Crippen LogP contribution in [0.4, 0.5) is 0 Å². The highest BCUT2D eigenvalue weighted by atomic mass is 28.4. The van der Waals surface area contributed by atoms with Crippen LogP contribution in [0.5, 0.6) is 0 Å². The lowest BCUT2D eigenvalue weighted by molar-refractivity contribution is -0.137. The second-order valence-electron chi connectivity index (χ2n) is 13.4. The smallest absolute Gasteiger partial charge is 0.192 e. The highest BCUT2D eigenvalue weighted by molar-refractivity contribution is 6.74. The van der Waals surface area contributed by atoms with Crippen molar-refractivity contribution in [2.24, 2.45) is 46.3 Å². The molecule has 0 aromatic carbocycles. The van der Waals surface area contributed by atoms with Gasteiger partial charge in [0.2, 0.25) is 0 Å². The molecule has 2 bridgehead atoms. The second-order valence-corrected chi connectivity index (χ2v) is 18.1. The van der Waals surface area contributed by atoms with Gasteiger partial charge in [-0.1, -0.05) is 60.1 Å². The van der Waals surface area contributed by atoms with Crippen molar-refractivity contribution >= 4 is 14.1 Å². The lowest BCUT2D eigenvalue weighted by Crippen LogP contribution is -2.50. The van der Waals surface area contributed by atoms with Crippen molar-refractivity contribution in [3.8, 4) is 0 Å². The molecule has 1 spiro atoms. The van der Waals surface area contributed by atoms with Crippen LogP contribution in [0.25, 0.3) is 0 Å². The van der Waals surface area contributed by atoms with Crippen molar-refractivity contribution < 1.29 is 9.22 Å². The molecule has 0 aromatic rings. The van der Waals surface area contributed by atoms with E-state index < -0.39 is 8.32 Å². The maximum atomic E-state index is 14.5. The van der Waals surface area contributed by atoms with Gasteiger partial charge in [0, 0.05) is 5.92 Å². The molecule has 0 saturated heterocycles. The maximum Gasteiger partial charge on any atom is 0.192 e. The number of carbonyl (C=O) groups excluding carboxylic acids is 1. The zero-order chi connectivity index (χ0) is 21.7. The van der Waals surface area contributed by atoms with Gasteiger partial charge in [-0.2, -0.15) is 0 Å². The molecule has 3 saturated carbocycles. The van der Waals surface area contributed by atoms with E-state index in [1.54, 1.807) is 0 Å². The van der Waals surface area contributed by atoms with E-state index in [2.05, 4.69) is 74.6 Å². The van der Waals surface area contributed by atoms with Gasteiger partial charge in [-0.15, -0.1) is 0 Å².